The lowest BCUT2D eigenvalue weighted by atomic mass is 10.1. The Bertz CT molecular complexity index is 1030. The van der Waals surface area contributed by atoms with Crippen LogP contribution in [0, 0.1) is 0 Å². The van der Waals surface area contributed by atoms with E-state index in [0.717, 1.165) is 32.3 Å². The molecule has 0 radical (unpaired) electrons. The van der Waals surface area contributed by atoms with Gasteiger partial charge in [-0.05, 0) is 82.6 Å². The highest BCUT2D eigenvalue weighted by Crippen LogP contribution is 2.34. The van der Waals surface area contributed by atoms with Crippen LogP contribution in [-0.2, 0) is 36.5 Å². The Kier molecular flexibility index (Phi) is 14.8. The van der Waals surface area contributed by atoms with Crippen molar-refractivity contribution in [3.8, 4) is 19.5 Å². The topological polar surface area (TPSA) is 46.2 Å². The van der Waals surface area contributed by atoms with Crippen molar-refractivity contribution in [1.82, 2.24) is 0 Å². The Morgan fingerprint density at radius 2 is 0.872 bits per heavy atom. The van der Waals surface area contributed by atoms with Crippen LogP contribution in [-0.4, -0.2) is 66.1 Å². The van der Waals surface area contributed by atoms with E-state index >= 15 is 0 Å². The molecule has 4 aromatic rings. The monoisotopic (exact) mass is 606 g/mol. The van der Waals surface area contributed by atoms with E-state index in [1.54, 1.807) is 34.0 Å². The van der Waals surface area contributed by atoms with Gasteiger partial charge in [0.1, 0.15) is 0 Å². The molecule has 0 aliphatic carbocycles. The van der Waals surface area contributed by atoms with E-state index in [4.69, 9.17) is 23.7 Å². The van der Waals surface area contributed by atoms with Crippen LogP contribution in [0.5, 0.6) is 0 Å². The molecule has 0 amide bonds. The van der Waals surface area contributed by atoms with Crippen molar-refractivity contribution in [2.75, 3.05) is 66.1 Å². The maximum atomic E-state index is 5.74. The van der Waals surface area contributed by atoms with Crippen molar-refractivity contribution < 1.29 is 23.7 Å². The predicted molar refractivity (Wildman–Crippen MR) is 166 cm³/mol. The molecule has 0 bridgehead atoms. The zero-order chi connectivity index (χ0) is 26.8. The molecule has 0 aromatic carbocycles. The van der Waals surface area contributed by atoms with Crippen molar-refractivity contribution in [2.45, 2.75) is 25.7 Å². The highest BCUT2D eigenvalue weighted by atomic mass is 32.1. The minimum atomic E-state index is 0.589. The second kappa shape index (κ2) is 18.9. The van der Waals surface area contributed by atoms with E-state index in [1.807, 2.05) is 11.3 Å². The van der Waals surface area contributed by atoms with Crippen molar-refractivity contribution >= 4 is 45.3 Å². The number of thiophene rings is 4. The van der Waals surface area contributed by atoms with Gasteiger partial charge >= 0.3 is 0 Å². The number of rotatable bonds is 22. The van der Waals surface area contributed by atoms with Crippen LogP contribution in [0.4, 0.5) is 0 Å². The summed E-state index contributed by atoms with van der Waals surface area (Å²) in [5.41, 5.74) is 2.79. The predicted octanol–water partition coefficient (Wildman–Crippen LogP) is 7.92. The van der Waals surface area contributed by atoms with Gasteiger partial charge in [0.2, 0.25) is 0 Å². The summed E-state index contributed by atoms with van der Waals surface area (Å²) in [7, 11) is 0. The van der Waals surface area contributed by atoms with Crippen LogP contribution in [0.15, 0.2) is 57.9 Å². The molecule has 0 aliphatic heterocycles. The molecule has 0 saturated heterocycles. The molecule has 4 rings (SSSR count). The van der Waals surface area contributed by atoms with Crippen LogP contribution in [0.1, 0.15) is 24.0 Å². The third-order valence-corrected chi connectivity index (χ3v) is 9.94. The Labute approximate surface area is 248 Å². The van der Waals surface area contributed by atoms with E-state index < -0.39 is 0 Å². The molecule has 9 heteroatoms. The average molecular weight is 607 g/mol. The van der Waals surface area contributed by atoms with Gasteiger partial charge in [0.25, 0.3) is 0 Å². The standard InChI is InChI=1S/C30H38O5S4/c1(5-25-9-23-38-29(25)27-6-2-21-36-27)11-31-15-16-32-12-4-13-33-17-19-35-20-18-34-14-8-26-10-24-39-30(26)28-7-3-22-37-28/h2-3,6-7,9-10,21-24H,1,4-5,8,11-20H2. The molecule has 0 spiro atoms. The molecule has 212 valence electrons. The maximum Gasteiger partial charge on any atom is 0.0701 e. The minimum absolute atomic E-state index is 0.589. The minimum Gasteiger partial charge on any atom is -0.379 e. The fraction of sp³-hybridized carbons (Fsp3) is 0.467. The normalized spacial score (nSPS) is 11.5. The Hall–Kier alpha value is -1.40. The zero-order valence-electron chi connectivity index (χ0n) is 22.3. The summed E-state index contributed by atoms with van der Waals surface area (Å²) < 4.78 is 28.3. The summed E-state index contributed by atoms with van der Waals surface area (Å²) in [6, 6.07) is 13.0. The second-order valence-electron chi connectivity index (χ2n) is 8.77. The maximum absolute atomic E-state index is 5.74. The van der Waals surface area contributed by atoms with Crippen LogP contribution in [0.3, 0.4) is 0 Å². The van der Waals surface area contributed by atoms with Crippen molar-refractivity contribution in [2.24, 2.45) is 0 Å². The van der Waals surface area contributed by atoms with Crippen LogP contribution in [0.25, 0.3) is 19.5 Å². The highest BCUT2D eigenvalue weighted by molar-refractivity contribution is 7.21. The smallest absolute Gasteiger partial charge is 0.0701 e. The van der Waals surface area contributed by atoms with Crippen LogP contribution in [0.2, 0.25) is 0 Å². The van der Waals surface area contributed by atoms with Gasteiger partial charge in [-0.25, -0.2) is 0 Å². The Morgan fingerprint density at radius 3 is 1.38 bits per heavy atom. The van der Waals surface area contributed by atoms with E-state index in [9.17, 15) is 0 Å². The molecule has 0 unspecified atom stereocenters. The SMILES string of the molecule is c1csc(-c2sccc2CCCOCCOCCCOCCOCCOCCc2ccsc2-c2cccs2)c1. The van der Waals surface area contributed by atoms with Crippen LogP contribution < -0.4 is 0 Å². The molecule has 0 aliphatic rings. The third kappa shape index (κ3) is 11.2. The van der Waals surface area contributed by atoms with Crippen molar-refractivity contribution in [3.63, 3.8) is 0 Å². The van der Waals surface area contributed by atoms with Crippen molar-refractivity contribution in [3.05, 3.63) is 69.0 Å². The van der Waals surface area contributed by atoms with Crippen LogP contribution >= 0.6 is 45.3 Å². The highest BCUT2D eigenvalue weighted by Gasteiger charge is 2.08. The number of hydrogen-bond donors (Lipinski definition) is 0. The molecule has 5 nitrogen and oxygen atoms in total. The van der Waals surface area contributed by atoms with Gasteiger partial charge in [-0.15, -0.1) is 45.3 Å². The lowest BCUT2D eigenvalue weighted by molar-refractivity contribution is 0.00618. The molecule has 4 heterocycles. The summed E-state index contributed by atoms with van der Waals surface area (Å²) in [5.74, 6) is 0. The summed E-state index contributed by atoms with van der Waals surface area (Å²) in [6.45, 7) is 6.51. The summed E-state index contributed by atoms with van der Waals surface area (Å²) in [6.07, 6.45) is 3.89. The molecule has 4 aromatic heterocycles. The molecular weight excluding hydrogens is 569 g/mol. The van der Waals surface area contributed by atoms with Crippen molar-refractivity contribution in [1.29, 1.82) is 0 Å². The van der Waals surface area contributed by atoms with Gasteiger partial charge in [-0.3, -0.25) is 0 Å². The van der Waals surface area contributed by atoms with E-state index in [2.05, 4.69) is 57.9 Å². The van der Waals surface area contributed by atoms with E-state index in [-0.39, 0.29) is 0 Å². The molecule has 0 atom stereocenters. The largest absolute Gasteiger partial charge is 0.379 e. The number of aryl methyl sites for hydroxylation is 1. The average Bonchev–Trinajstić information content (AvgIpc) is 3.77. The molecule has 0 saturated carbocycles. The second-order valence-corrected chi connectivity index (χ2v) is 12.5. The lowest BCUT2D eigenvalue weighted by Gasteiger charge is -2.08. The molecule has 0 fully saturated rings. The van der Waals surface area contributed by atoms with Gasteiger partial charge in [-0.1, -0.05) is 12.1 Å². The molecule has 39 heavy (non-hydrogen) atoms. The number of hydrogen-bond acceptors (Lipinski definition) is 9. The Balaban J connectivity index is 0.870. The summed E-state index contributed by atoms with van der Waals surface area (Å²) in [5, 5.41) is 8.60. The first-order valence-electron chi connectivity index (χ1n) is 13.5. The lowest BCUT2D eigenvalue weighted by Crippen LogP contribution is -2.12. The summed E-state index contributed by atoms with van der Waals surface area (Å²) >= 11 is 7.21. The first kappa shape index (κ1) is 30.6. The first-order chi connectivity index (χ1) is 19.4. The zero-order valence-corrected chi connectivity index (χ0v) is 25.6. The fourth-order valence-corrected chi connectivity index (χ4v) is 7.71. The fourth-order valence-electron chi connectivity index (χ4n) is 3.99. The Morgan fingerprint density at radius 1 is 0.410 bits per heavy atom. The third-order valence-electron chi connectivity index (χ3n) is 5.93. The van der Waals surface area contributed by atoms with E-state index in [0.29, 0.717) is 59.5 Å². The van der Waals surface area contributed by atoms with Gasteiger partial charge in [-0.2, -0.15) is 0 Å². The van der Waals surface area contributed by atoms with Gasteiger partial charge in [0, 0.05) is 39.3 Å². The van der Waals surface area contributed by atoms with Gasteiger partial charge < -0.3 is 23.7 Å². The quantitative estimate of drug-likeness (QED) is 0.0851. The molecule has 0 N–H and O–H groups in total. The summed E-state index contributed by atoms with van der Waals surface area (Å²) in [4.78, 5) is 5.47. The first-order valence-corrected chi connectivity index (χ1v) is 17.0. The number of ether oxygens (including phenoxy) is 5. The molecular formula is C30H38O5S4. The van der Waals surface area contributed by atoms with Gasteiger partial charge in [0.05, 0.1) is 46.2 Å². The van der Waals surface area contributed by atoms with Gasteiger partial charge in [0.15, 0.2) is 0 Å². The van der Waals surface area contributed by atoms with E-state index in [1.165, 1.54) is 30.6 Å².